The van der Waals surface area contributed by atoms with Gasteiger partial charge in [0.25, 0.3) is 0 Å². The summed E-state index contributed by atoms with van der Waals surface area (Å²) in [5, 5.41) is 10.3. The summed E-state index contributed by atoms with van der Waals surface area (Å²) >= 11 is 0. The highest BCUT2D eigenvalue weighted by molar-refractivity contribution is 5.87. The van der Waals surface area contributed by atoms with Crippen molar-refractivity contribution in [3.8, 4) is 6.07 Å². The highest BCUT2D eigenvalue weighted by atomic mass is 16.2. The van der Waals surface area contributed by atoms with Crippen LogP contribution in [0.4, 0.5) is 0 Å². The number of likely N-dealkylation sites (tertiary alicyclic amines) is 1. The van der Waals surface area contributed by atoms with Gasteiger partial charge >= 0.3 is 0 Å². The van der Waals surface area contributed by atoms with Crippen LogP contribution in [0.25, 0.3) is 10.9 Å². The number of hydrogen-bond acceptors (Lipinski definition) is 3. The second-order valence-corrected chi connectivity index (χ2v) is 6.18. The Hall–Kier alpha value is -2.41. The summed E-state index contributed by atoms with van der Waals surface area (Å²) in [5.41, 5.74) is 2.56. The summed E-state index contributed by atoms with van der Waals surface area (Å²) in [7, 11) is 0. The van der Waals surface area contributed by atoms with Crippen molar-refractivity contribution in [3.05, 3.63) is 41.6 Å². The van der Waals surface area contributed by atoms with Crippen LogP contribution in [0.2, 0.25) is 0 Å². The Balaban J connectivity index is 0.00000192. The van der Waals surface area contributed by atoms with Crippen molar-refractivity contribution in [1.82, 2.24) is 9.88 Å². The summed E-state index contributed by atoms with van der Waals surface area (Å²) in [4.78, 5) is 18.1. The van der Waals surface area contributed by atoms with E-state index >= 15 is 0 Å². The predicted molar refractivity (Wildman–Crippen MR) is 92.0 cm³/mol. The smallest absolute Gasteiger partial charge is 0.219 e. The highest BCUT2D eigenvalue weighted by Gasteiger charge is 2.28. The van der Waals surface area contributed by atoms with Crippen molar-refractivity contribution in [2.75, 3.05) is 13.1 Å². The fourth-order valence-electron chi connectivity index (χ4n) is 3.47. The molecule has 3 rings (SSSR count). The Bertz CT molecular complexity index is 763. The normalized spacial score (nSPS) is 20.7. The topological polar surface area (TPSA) is 57.0 Å². The molecule has 2 atom stereocenters. The van der Waals surface area contributed by atoms with Crippen LogP contribution in [0.1, 0.15) is 44.7 Å². The van der Waals surface area contributed by atoms with Crippen LogP contribution in [0.15, 0.2) is 30.5 Å². The second kappa shape index (κ2) is 6.78. The van der Waals surface area contributed by atoms with Crippen LogP contribution >= 0.6 is 0 Å². The first-order valence-electron chi connectivity index (χ1n) is 7.63. The summed E-state index contributed by atoms with van der Waals surface area (Å²) in [6.45, 7) is 5.40. The zero-order valence-corrected chi connectivity index (χ0v) is 12.9. The van der Waals surface area contributed by atoms with Gasteiger partial charge in [-0.3, -0.25) is 9.78 Å². The van der Waals surface area contributed by atoms with Crippen LogP contribution in [0.5, 0.6) is 0 Å². The number of rotatable bonds is 1. The summed E-state index contributed by atoms with van der Waals surface area (Å²) < 4.78 is 0. The lowest BCUT2D eigenvalue weighted by atomic mass is 9.83. The molecule has 120 valence electrons. The predicted octanol–water partition coefficient (Wildman–Crippen LogP) is 3.71. The lowest BCUT2D eigenvalue weighted by Crippen LogP contribution is -2.41. The maximum Gasteiger partial charge on any atom is 0.219 e. The molecule has 0 N–H and O–H groups in total. The van der Waals surface area contributed by atoms with Crippen molar-refractivity contribution in [3.63, 3.8) is 0 Å². The van der Waals surface area contributed by atoms with Crippen LogP contribution in [0, 0.1) is 17.2 Å². The third-order valence-corrected chi connectivity index (χ3v) is 4.47. The average Bonchev–Trinajstić information content (AvgIpc) is 2.53. The molecule has 1 aromatic carbocycles. The summed E-state index contributed by atoms with van der Waals surface area (Å²) in [6.07, 6.45) is 2.78. The number of benzene rings is 1. The Morgan fingerprint density at radius 1 is 1.35 bits per heavy atom. The Labute approximate surface area is 137 Å². The lowest BCUT2D eigenvalue weighted by molar-refractivity contribution is -0.130. The summed E-state index contributed by atoms with van der Waals surface area (Å²) in [5.74, 6) is 0.907. The number of hydrogen-bond donors (Lipinski definition) is 0. The number of nitriles is 1. The number of piperidine rings is 1. The van der Waals surface area contributed by atoms with Gasteiger partial charge in [0.1, 0.15) is 6.07 Å². The Kier molecular flexibility index (Phi) is 5.00. The monoisotopic (exact) mass is 309 g/mol. The number of pyridine rings is 1. The van der Waals surface area contributed by atoms with Gasteiger partial charge in [0.15, 0.2) is 0 Å². The van der Waals surface area contributed by atoms with Gasteiger partial charge in [0.2, 0.25) is 5.91 Å². The van der Waals surface area contributed by atoms with Gasteiger partial charge < -0.3 is 4.90 Å². The third-order valence-electron chi connectivity index (χ3n) is 4.47. The SMILES string of the molecule is C.CC(=O)N1C[C@H](C)C[C@H](c2ccc(C#N)c3ncccc23)C1. The van der Waals surface area contributed by atoms with E-state index in [1.54, 1.807) is 13.1 Å². The standard InChI is InChI=1S/C18H19N3O.CH4/c1-12-8-15(11-21(10-12)13(2)22)16-6-5-14(9-19)18-17(16)4-3-7-20-18;/h3-7,12,15H,8,10-11H2,1-2H3;1H4/t12-,15+;/m1./s1. The third kappa shape index (κ3) is 3.19. The molecule has 1 aliphatic rings. The molecule has 1 amide bonds. The summed E-state index contributed by atoms with van der Waals surface area (Å²) in [6, 6.07) is 10.0. The van der Waals surface area contributed by atoms with E-state index in [0.29, 0.717) is 17.4 Å². The van der Waals surface area contributed by atoms with E-state index in [1.807, 2.05) is 29.2 Å². The first-order valence-corrected chi connectivity index (χ1v) is 7.63. The van der Waals surface area contributed by atoms with Crippen molar-refractivity contribution in [2.45, 2.75) is 33.6 Å². The maximum atomic E-state index is 11.8. The van der Waals surface area contributed by atoms with E-state index in [-0.39, 0.29) is 13.3 Å². The lowest BCUT2D eigenvalue weighted by Gasteiger charge is -2.36. The molecule has 0 spiro atoms. The minimum absolute atomic E-state index is 0. The molecule has 0 bridgehead atoms. The van der Waals surface area contributed by atoms with Crippen molar-refractivity contribution >= 4 is 16.8 Å². The molecule has 4 nitrogen and oxygen atoms in total. The maximum absolute atomic E-state index is 11.8. The van der Waals surface area contributed by atoms with Crippen molar-refractivity contribution in [1.29, 1.82) is 5.26 Å². The molecule has 23 heavy (non-hydrogen) atoms. The van der Waals surface area contributed by atoms with Crippen LogP contribution in [0.3, 0.4) is 0 Å². The van der Waals surface area contributed by atoms with Crippen molar-refractivity contribution in [2.24, 2.45) is 5.92 Å². The van der Waals surface area contributed by atoms with Gasteiger partial charge in [-0.2, -0.15) is 5.26 Å². The molecule has 0 aliphatic carbocycles. The van der Waals surface area contributed by atoms with Crippen LogP contribution in [-0.4, -0.2) is 28.9 Å². The largest absolute Gasteiger partial charge is 0.342 e. The van der Waals surface area contributed by atoms with Gasteiger partial charge in [-0.1, -0.05) is 26.5 Å². The number of aromatic nitrogens is 1. The van der Waals surface area contributed by atoms with Gasteiger partial charge in [0.05, 0.1) is 11.1 Å². The zero-order valence-electron chi connectivity index (χ0n) is 12.9. The fraction of sp³-hybridized carbons (Fsp3) is 0.421. The minimum atomic E-state index is 0. The fourth-order valence-corrected chi connectivity index (χ4v) is 3.47. The number of carbonyl (C=O) groups is 1. The number of amides is 1. The van der Waals surface area contributed by atoms with Gasteiger partial charge in [-0.25, -0.2) is 0 Å². The molecule has 1 aliphatic heterocycles. The van der Waals surface area contributed by atoms with Crippen LogP contribution < -0.4 is 0 Å². The molecule has 0 saturated carbocycles. The minimum Gasteiger partial charge on any atom is -0.342 e. The van der Waals surface area contributed by atoms with E-state index in [0.717, 1.165) is 30.4 Å². The molecular formula is C19H23N3O. The first-order chi connectivity index (χ1) is 10.6. The number of fused-ring (bicyclic) bond motifs is 1. The van der Waals surface area contributed by atoms with E-state index in [4.69, 9.17) is 0 Å². The number of carbonyl (C=O) groups excluding carboxylic acids is 1. The van der Waals surface area contributed by atoms with E-state index in [2.05, 4.69) is 18.0 Å². The molecule has 0 unspecified atom stereocenters. The van der Waals surface area contributed by atoms with E-state index in [9.17, 15) is 10.1 Å². The molecule has 2 heterocycles. The van der Waals surface area contributed by atoms with Crippen LogP contribution in [-0.2, 0) is 4.79 Å². The van der Waals surface area contributed by atoms with Gasteiger partial charge in [0, 0.05) is 37.5 Å². The quantitative estimate of drug-likeness (QED) is 0.807. The molecule has 1 aromatic heterocycles. The molecular weight excluding hydrogens is 286 g/mol. The van der Waals surface area contributed by atoms with Crippen molar-refractivity contribution < 1.29 is 4.79 Å². The van der Waals surface area contributed by atoms with Gasteiger partial charge in [-0.15, -0.1) is 0 Å². The number of nitrogens with zero attached hydrogens (tertiary/aromatic N) is 3. The molecule has 1 saturated heterocycles. The molecule has 4 heteroatoms. The molecule has 0 radical (unpaired) electrons. The zero-order chi connectivity index (χ0) is 15.7. The van der Waals surface area contributed by atoms with Gasteiger partial charge in [-0.05, 0) is 30.0 Å². The Morgan fingerprint density at radius 2 is 2.13 bits per heavy atom. The van der Waals surface area contributed by atoms with E-state index < -0.39 is 0 Å². The Morgan fingerprint density at radius 3 is 2.83 bits per heavy atom. The van der Waals surface area contributed by atoms with E-state index in [1.165, 1.54) is 5.56 Å². The second-order valence-electron chi connectivity index (χ2n) is 6.18. The molecule has 1 fully saturated rings. The molecule has 2 aromatic rings. The highest BCUT2D eigenvalue weighted by Crippen LogP contribution is 2.34. The average molecular weight is 309 g/mol. The first kappa shape index (κ1) is 17.0.